The quantitative estimate of drug-likeness (QED) is 0.679. The van der Waals surface area contributed by atoms with E-state index in [-0.39, 0.29) is 12.5 Å². The molecule has 2 rings (SSSR count). The summed E-state index contributed by atoms with van der Waals surface area (Å²) in [5.74, 6) is -0.674. The molecule has 130 valence electrons. The summed E-state index contributed by atoms with van der Waals surface area (Å²) in [6.07, 6.45) is 3.20. The molecule has 0 aromatic carbocycles. The predicted molar refractivity (Wildman–Crippen MR) is 91.7 cm³/mol. The van der Waals surface area contributed by atoms with E-state index >= 15 is 0 Å². The number of carbonyl (C=O) groups is 1. The third kappa shape index (κ3) is 3.84. The molecule has 0 bridgehead atoms. The van der Waals surface area contributed by atoms with Crippen LogP contribution in [0.3, 0.4) is 0 Å². The lowest BCUT2D eigenvalue weighted by atomic mass is 9.76. The van der Waals surface area contributed by atoms with E-state index < -0.39 is 24.3 Å². The largest absolute Gasteiger partial charge is 0.492 e. The molecular weight excluding hydrogens is 310 g/mol. The molecule has 2 heterocycles. The lowest BCUT2D eigenvalue weighted by Gasteiger charge is -2.32. The number of amides is 1. The standard InChI is InChI=1S/C17H24BFN2O3/c1-11-13(7-8-20-15(11)19)9-14(10-21-12(2)22)18-23-16(3,4)17(5,6)24-18/h7-9H,10H2,1-6H3,(H,21,22). The Balaban J connectivity index is 2.37. The van der Waals surface area contributed by atoms with E-state index in [1.54, 1.807) is 19.1 Å². The van der Waals surface area contributed by atoms with Gasteiger partial charge in [0.1, 0.15) is 0 Å². The summed E-state index contributed by atoms with van der Waals surface area (Å²) in [6.45, 7) is 11.2. The van der Waals surface area contributed by atoms with Crippen LogP contribution in [0.5, 0.6) is 0 Å². The van der Waals surface area contributed by atoms with Crippen molar-refractivity contribution >= 4 is 19.1 Å². The molecule has 1 aliphatic heterocycles. The number of nitrogens with zero attached hydrogens (tertiary/aromatic N) is 1. The zero-order valence-electron chi connectivity index (χ0n) is 15.1. The van der Waals surface area contributed by atoms with Gasteiger partial charge in [-0.15, -0.1) is 0 Å². The van der Waals surface area contributed by atoms with Gasteiger partial charge in [0.2, 0.25) is 11.9 Å². The number of nitrogens with one attached hydrogen (secondary N) is 1. The first-order valence-electron chi connectivity index (χ1n) is 7.95. The van der Waals surface area contributed by atoms with E-state index in [0.29, 0.717) is 11.1 Å². The van der Waals surface area contributed by atoms with Crippen LogP contribution >= 0.6 is 0 Å². The number of aromatic nitrogens is 1. The summed E-state index contributed by atoms with van der Waals surface area (Å²) in [4.78, 5) is 14.9. The van der Waals surface area contributed by atoms with Crippen molar-refractivity contribution in [2.24, 2.45) is 0 Å². The second-order valence-electron chi connectivity index (χ2n) is 7.03. The van der Waals surface area contributed by atoms with Crippen molar-refractivity contribution < 1.29 is 18.5 Å². The van der Waals surface area contributed by atoms with Gasteiger partial charge >= 0.3 is 7.12 Å². The highest BCUT2D eigenvalue weighted by Gasteiger charge is 2.52. The third-order valence-corrected chi connectivity index (χ3v) is 4.62. The highest BCUT2D eigenvalue weighted by molar-refractivity contribution is 6.56. The summed E-state index contributed by atoms with van der Waals surface area (Å²) in [6, 6.07) is 1.72. The molecule has 0 aliphatic carbocycles. The molecule has 5 nitrogen and oxygen atoms in total. The first kappa shape index (κ1) is 18.6. The fourth-order valence-electron chi connectivity index (χ4n) is 2.30. The van der Waals surface area contributed by atoms with Crippen molar-refractivity contribution in [3.05, 3.63) is 34.8 Å². The van der Waals surface area contributed by atoms with Gasteiger partial charge in [-0.3, -0.25) is 4.79 Å². The van der Waals surface area contributed by atoms with Crippen LogP contribution in [0.1, 0.15) is 45.7 Å². The average Bonchev–Trinajstić information content (AvgIpc) is 2.67. The topological polar surface area (TPSA) is 60.5 Å². The van der Waals surface area contributed by atoms with Gasteiger partial charge in [-0.1, -0.05) is 6.08 Å². The van der Waals surface area contributed by atoms with Crippen LogP contribution < -0.4 is 5.32 Å². The van der Waals surface area contributed by atoms with Crippen LogP contribution in [-0.2, 0) is 14.1 Å². The van der Waals surface area contributed by atoms with E-state index in [4.69, 9.17) is 9.31 Å². The number of hydrogen-bond acceptors (Lipinski definition) is 4. The van der Waals surface area contributed by atoms with Gasteiger partial charge in [-0.25, -0.2) is 4.98 Å². The lowest BCUT2D eigenvalue weighted by molar-refractivity contribution is -0.118. The highest BCUT2D eigenvalue weighted by Crippen LogP contribution is 2.38. The van der Waals surface area contributed by atoms with Gasteiger partial charge in [0, 0.05) is 25.2 Å². The van der Waals surface area contributed by atoms with E-state index in [1.807, 2.05) is 27.7 Å². The molecule has 0 spiro atoms. The van der Waals surface area contributed by atoms with Crippen molar-refractivity contribution in [2.75, 3.05) is 6.54 Å². The number of hydrogen-bond donors (Lipinski definition) is 1. The Morgan fingerprint density at radius 1 is 1.33 bits per heavy atom. The Kier molecular flexibility index (Phi) is 5.15. The second-order valence-corrected chi connectivity index (χ2v) is 7.03. The van der Waals surface area contributed by atoms with Gasteiger partial charge in [-0.2, -0.15) is 4.39 Å². The Labute approximate surface area is 142 Å². The van der Waals surface area contributed by atoms with Gasteiger partial charge in [0.05, 0.1) is 11.2 Å². The molecule has 1 aromatic rings. The molecule has 1 fully saturated rings. The summed E-state index contributed by atoms with van der Waals surface area (Å²) in [5, 5.41) is 2.75. The summed E-state index contributed by atoms with van der Waals surface area (Å²) < 4.78 is 25.8. The minimum Gasteiger partial charge on any atom is -0.400 e. The minimum atomic E-state index is -0.613. The maximum atomic E-state index is 13.7. The van der Waals surface area contributed by atoms with Crippen LogP contribution in [0.2, 0.25) is 0 Å². The van der Waals surface area contributed by atoms with Crippen molar-refractivity contribution in [2.45, 2.75) is 52.7 Å². The van der Waals surface area contributed by atoms with Crippen LogP contribution in [0.25, 0.3) is 6.08 Å². The number of halogens is 1. The molecule has 1 aromatic heterocycles. The van der Waals surface area contributed by atoms with Crippen molar-refractivity contribution in [1.29, 1.82) is 0 Å². The first-order chi connectivity index (χ1) is 11.0. The van der Waals surface area contributed by atoms with E-state index in [9.17, 15) is 9.18 Å². The van der Waals surface area contributed by atoms with E-state index in [2.05, 4.69) is 10.3 Å². The Bertz CT molecular complexity index is 658. The maximum Gasteiger partial charge on any atom is 0.492 e. The molecule has 1 N–H and O–H groups in total. The molecule has 0 saturated carbocycles. The zero-order chi connectivity index (χ0) is 18.1. The number of rotatable bonds is 4. The monoisotopic (exact) mass is 334 g/mol. The van der Waals surface area contributed by atoms with Crippen LogP contribution in [-0.4, -0.2) is 35.8 Å². The van der Waals surface area contributed by atoms with Crippen LogP contribution in [0.4, 0.5) is 4.39 Å². The summed E-state index contributed by atoms with van der Waals surface area (Å²) in [7, 11) is -0.613. The third-order valence-electron chi connectivity index (χ3n) is 4.62. The second kappa shape index (κ2) is 6.65. The maximum absolute atomic E-state index is 13.7. The molecule has 0 atom stereocenters. The number of pyridine rings is 1. The lowest BCUT2D eigenvalue weighted by Crippen LogP contribution is -2.41. The SMILES string of the molecule is CC(=O)NCC(=Cc1ccnc(F)c1C)B1OC(C)(C)C(C)(C)O1. The molecule has 1 saturated heterocycles. The van der Waals surface area contributed by atoms with Gasteiger partial charge < -0.3 is 14.6 Å². The highest BCUT2D eigenvalue weighted by atomic mass is 19.1. The van der Waals surface area contributed by atoms with Crippen molar-refractivity contribution in [3.8, 4) is 0 Å². The molecule has 0 radical (unpaired) electrons. The Hall–Kier alpha value is -1.73. The van der Waals surface area contributed by atoms with Gasteiger partial charge in [0.15, 0.2) is 0 Å². The molecule has 1 amide bonds. The minimum absolute atomic E-state index is 0.157. The predicted octanol–water partition coefficient (Wildman–Crippen LogP) is 2.68. The molecule has 0 unspecified atom stereocenters. The molecule has 7 heteroatoms. The normalized spacial score (nSPS) is 19.5. The first-order valence-corrected chi connectivity index (χ1v) is 7.95. The zero-order valence-corrected chi connectivity index (χ0v) is 15.1. The van der Waals surface area contributed by atoms with Gasteiger partial charge in [0.25, 0.3) is 0 Å². The van der Waals surface area contributed by atoms with Crippen LogP contribution in [0.15, 0.2) is 17.7 Å². The van der Waals surface area contributed by atoms with Gasteiger partial charge in [-0.05, 0) is 51.7 Å². The van der Waals surface area contributed by atoms with Crippen molar-refractivity contribution in [3.63, 3.8) is 0 Å². The molecular formula is C17H24BFN2O3. The Morgan fingerprint density at radius 3 is 2.46 bits per heavy atom. The van der Waals surface area contributed by atoms with E-state index in [1.165, 1.54) is 13.1 Å². The van der Waals surface area contributed by atoms with E-state index in [0.717, 1.165) is 5.47 Å². The number of carbonyl (C=O) groups excluding carboxylic acids is 1. The molecule has 24 heavy (non-hydrogen) atoms. The fraction of sp³-hybridized carbons (Fsp3) is 0.529. The van der Waals surface area contributed by atoms with Crippen LogP contribution in [0, 0.1) is 12.9 Å². The van der Waals surface area contributed by atoms with Crippen molar-refractivity contribution in [1.82, 2.24) is 10.3 Å². The average molecular weight is 334 g/mol. The molecule has 1 aliphatic rings. The fourth-order valence-corrected chi connectivity index (χ4v) is 2.30. The summed E-state index contributed by atoms with van der Waals surface area (Å²) >= 11 is 0. The summed E-state index contributed by atoms with van der Waals surface area (Å²) in [5.41, 5.74) is 0.848. The Morgan fingerprint density at radius 2 is 1.92 bits per heavy atom. The smallest absolute Gasteiger partial charge is 0.400 e.